The molecule has 29 heavy (non-hydrogen) atoms. The second kappa shape index (κ2) is 11.4. The van der Waals surface area contributed by atoms with Crippen LogP contribution in [0, 0.1) is 0 Å². The van der Waals surface area contributed by atoms with E-state index in [0.29, 0.717) is 13.1 Å². The molecule has 0 saturated carbocycles. The first-order valence-corrected chi connectivity index (χ1v) is 8.64. The third-order valence-electron chi connectivity index (χ3n) is 3.83. The molecule has 2 aromatic rings. The lowest BCUT2D eigenvalue weighted by Crippen LogP contribution is -2.46. The standard InChI is InChI=1S/C11H14N2O3.C7H6O4.CH4B/c14-8-1-2-9(10(15)7-8)11(16)13-5-3-12-4-6-13;8-4-1-2-5(7(10)11)6(9)3-4;1-2/h1-2,7,12,14-15H,3-6H2;1-3,8-9H,(H,10,11);2H,1H3/i;;2T. The Morgan fingerprint density at radius 3 is 1.83 bits per heavy atom. The van der Waals surface area contributed by atoms with Crippen molar-refractivity contribution in [2.24, 2.45) is 0 Å². The van der Waals surface area contributed by atoms with Crippen LogP contribution in [-0.4, -0.2) is 77.6 Å². The third-order valence-corrected chi connectivity index (χ3v) is 3.83. The van der Waals surface area contributed by atoms with Crippen molar-refractivity contribution in [1.29, 1.82) is 1.34 Å². The molecule has 0 atom stereocenters. The second-order valence-corrected chi connectivity index (χ2v) is 5.75. The van der Waals surface area contributed by atoms with Crippen LogP contribution in [0.5, 0.6) is 23.0 Å². The lowest BCUT2D eigenvalue weighted by molar-refractivity contribution is 0.0691. The predicted molar refractivity (Wildman–Crippen MR) is 108 cm³/mol. The Hall–Kier alpha value is -3.40. The maximum Gasteiger partial charge on any atom is 0.339 e. The Kier molecular flexibility index (Phi) is 8.65. The molecule has 155 valence electrons. The number of piperazine rings is 1. The van der Waals surface area contributed by atoms with Crippen molar-refractivity contribution < 1.29 is 35.1 Å². The number of carbonyl (C=O) groups excluding carboxylic acids is 1. The van der Waals surface area contributed by atoms with Gasteiger partial charge in [-0.1, -0.05) is 6.82 Å². The highest BCUT2D eigenvalue weighted by molar-refractivity contribution is 6.05. The number of nitrogens with one attached hydrogen (secondary N) is 1. The van der Waals surface area contributed by atoms with Crippen molar-refractivity contribution in [3.05, 3.63) is 47.5 Å². The average Bonchev–Trinajstić information content (AvgIpc) is 2.69. The van der Waals surface area contributed by atoms with Crippen molar-refractivity contribution in [1.82, 2.24) is 10.2 Å². The van der Waals surface area contributed by atoms with Crippen LogP contribution in [0.15, 0.2) is 36.4 Å². The van der Waals surface area contributed by atoms with Gasteiger partial charge >= 0.3 is 5.97 Å². The molecule has 1 fully saturated rings. The van der Waals surface area contributed by atoms with Gasteiger partial charge in [0.25, 0.3) is 5.91 Å². The predicted octanol–water partition coefficient (Wildman–Crippen LogP) is 0.874. The normalized spacial score (nSPS) is 13.0. The molecule has 9 nitrogen and oxygen atoms in total. The van der Waals surface area contributed by atoms with E-state index in [1.54, 1.807) is 11.7 Å². The fourth-order valence-corrected chi connectivity index (χ4v) is 2.44. The zero-order valence-corrected chi connectivity index (χ0v) is 15.9. The molecule has 1 aliphatic rings. The first-order chi connectivity index (χ1) is 14.2. The average molecular weight is 405 g/mol. The van der Waals surface area contributed by atoms with Gasteiger partial charge in [0.2, 0.25) is 0 Å². The lowest BCUT2D eigenvalue weighted by atomic mass is 10.1. The SMILES string of the molecule is O=C(O)c1ccc(O)cc1O.O=C(c1ccc(O)cc1O)N1CCNCC1.[3H][B]C. The molecule has 0 aromatic heterocycles. The van der Waals surface area contributed by atoms with Gasteiger partial charge in [-0.3, -0.25) is 4.79 Å². The van der Waals surface area contributed by atoms with E-state index in [9.17, 15) is 14.7 Å². The number of phenols is 4. The summed E-state index contributed by atoms with van der Waals surface area (Å²) in [6.45, 7) is 4.48. The van der Waals surface area contributed by atoms with Gasteiger partial charge in [0.05, 0.1) is 13.4 Å². The van der Waals surface area contributed by atoms with E-state index in [-0.39, 0.29) is 34.3 Å². The van der Waals surface area contributed by atoms with Gasteiger partial charge in [-0.25, -0.2) is 4.79 Å². The monoisotopic (exact) mass is 405 g/mol. The first-order valence-electron chi connectivity index (χ1n) is 9.22. The van der Waals surface area contributed by atoms with Gasteiger partial charge in [0.1, 0.15) is 28.6 Å². The highest BCUT2D eigenvalue weighted by Gasteiger charge is 2.20. The Bertz CT molecular complexity index is 861. The highest BCUT2D eigenvalue weighted by Crippen LogP contribution is 2.24. The van der Waals surface area contributed by atoms with Crippen LogP contribution in [0.4, 0.5) is 0 Å². The maximum atomic E-state index is 12.0. The Morgan fingerprint density at radius 1 is 0.966 bits per heavy atom. The largest absolute Gasteiger partial charge is 0.508 e. The van der Waals surface area contributed by atoms with Crippen molar-refractivity contribution in [3.8, 4) is 23.0 Å². The summed E-state index contributed by atoms with van der Waals surface area (Å²) >= 11 is 0. The topological polar surface area (TPSA) is 151 Å². The lowest BCUT2D eigenvalue weighted by Gasteiger charge is -2.27. The van der Waals surface area contributed by atoms with Crippen LogP contribution in [-0.2, 0) is 0 Å². The van der Waals surface area contributed by atoms with Gasteiger partial charge in [0.15, 0.2) is 0 Å². The Morgan fingerprint density at radius 2 is 1.41 bits per heavy atom. The number of aromatic hydroxyl groups is 4. The second-order valence-electron chi connectivity index (χ2n) is 5.75. The number of aromatic carboxylic acids is 1. The van der Waals surface area contributed by atoms with Gasteiger partial charge in [0, 0.05) is 38.3 Å². The van der Waals surface area contributed by atoms with Crippen LogP contribution in [0.2, 0.25) is 6.82 Å². The zero-order valence-electron chi connectivity index (χ0n) is 16.9. The number of rotatable bonds is 2. The van der Waals surface area contributed by atoms with Crippen molar-refractivity contribution in [3.63, 3.8) is 0 Å². The van der Waals surface area contributed by atoms with Gasteiger partial charge in [-0.15, -0.1) is 0 Å². The summed E-state index contributed by atoms with van der Waals surface area (Å²) in [6, 6.07) is 7.32. The molecule has 1 radical (unpaired) electrons. The van der Waals surface area contributed by atoms with Crippen molar-refractivity contribution >= 4 is 19.7 Å². The number of phenolic OH excluding ortho intramolecular Hbond substituents is 3. The van der Waals surface area contributed by atoms with Crippen LogP contribution in [0.25, 0.3) is 0 Å². The van der Waals surface area contributed by atoms with Crippen LogP contribution < -0.4 is 5.32 Å². The molecule has 1 heterocycles. The molecule has 3 rings (SSSR count). The Labute approximate surface area is 170 Å². The van der Waals surface area contributed by atoms with E-state index in [1.165, 1.54) is 32.1 Å². The van der Waals surface area contributed by atoms with Crippen molar-refractivity contribution in [2.45, 2.75) is 6.82 Å². The number of benzene rings is 2. The summed E-state index contributed by atoms with van der Waals surface area (Å²) in [5.41, 5.74) is 0.0162. The number of carboxylic acid groups (broad SMARTS) is 1. The summed E-state index contributed by atoms with van der Waals surface area (Å²) in [6.07, 6.45) is 0. The summed E-state index contributed by atoms with van der Waals surface area (Å²) in [5.74, 6) is -2.23. The number of carbonyl (C=O) groups is 2. The molecular weight excluding hydrogens is 379 g/mol. The minimum absolute atomic E-state index is 0.0469. The zero-order chi connectivity index (χ0) is 22.7. The quantitative estimate of drug-likeness (QED) is 0.403. The van der Waals surface area contributed by atoms with E-state index >= 15 is 0 Å². The number of hydrogen-bond acceptors (Lipinski definition) is 7. The molecule has 6 N–H and O–H groups in total. The fourth-order valence-electron chi connectivity index (χ4n) is 2.44. The molecule has 1 saturated heterocycles. The fraction of sp³-hybridized carbons (Fsp3) is 0.263. The molecular formula is C19H24BN2O7. The number of amides is 1. The highest BCUT2D eigenvalue weighted by atomic mass is 16.4. The summed E-state index contributed by atoms with van der Waals surface area (Å²) < 4.78 is 6.08. The van der Waals surface area contributed by atoms with E-state index in [4.69, 9.17) is 21.8 Å². The number of hydrogen-bond donors (Lipinski definition) is 6. The van der Waals surface area contributed by atoms with E-state index in [0.717, 1.165) is 25.2 Å². The van der Waals surface area contributed by atoms with Crippen LogP contribution in [0.1, 0.15) is 20.7 Å². The van der Waals surface area contributed by atoms with Crippen LogP contribution >= 0.6 is 0 Å². The number of carboxylic acids is 1. The van der Waals surface area contributed by atoms with E-state index in [2.05, 4.69) is 5.32 Å². The summed E-state index contributed by atoms with van der Waals surface area (Å²) in [4.78, 5) is 24.0. The number of nitrogens with zero attached hydrogens (tertiary/aromatic N) is 1. The van der Waals surface area contributed by atoms with Gasteiger partial charge in [-0.05, 0) is 25.6 Å². The first kappa shape index (κ1) is 21.9. The van der Waals surface area contributed by atoms with E-state index in [1.807, 2.05) is 0 Å². The van der Waals surface area contributed by atoms with Crippen LogP contribution in [0.3, 0.4) is 0 Å². The summed E-state index contributed by atoms with van der Waals surface area (Å²) in [7, 11) is 1.25. The van der Waals surface area contributed by atoms with Gasteiger partial charge < -0.3 is 35.7 Å². The van der Waals surface area contributed by atoms with Crippen molar-refractivity contribution in [2.75, 3.05) is 26.2 Å². The minimum atomic E-state index is -1.22. The molecule has 2 aromatic carbocycles. The third kappa shape index (κ3) is 6.93. The van der Waals surface area contributed by atoms with Gasteiger partial charge in [-0.2, -0.15) is 0 Å². The molecule has 0 unspecified atom stereocenters. The molecule has 0 aliphatic carbocycles. The smallest absolute Gasteiger partial charge is 0.339 e. The molecule has 0 spiro atoms. The molecule has 0 bridgehead atoms. The molecule has 1 aliphatic heterocycles. The van der Waals surface area contributed by atoms with E-state index < -0.39 is 11.7 Å². The summed E-state index contributed by atoms with van der Waals surface area (Å²) in [5, 5.41) is 48.0. The Balaban J connectivity index is 0.000000280. The molecule has 10 heteroatoms. The maximum absolute atomic E-state index is 12.0. The molecule has 1 amide bonds. The minimum Gasteiger partial charge on any atom is -0.508 e.